The maximum Gasteiger partial charge on any atom is 0.363 e. The maximum absolute atomic E-state index is 13.0. The molecule has 0 radical (unpaired) electrons. The molecule has 1 aliphatic rings. The van der Waals surface area contributed by atoms with Crippen molar-refractivity contribution in [3.63, 3.8) is 0 Å². The Bertz CT molecular complexity index is 1610. The van der Waals surface area contributed by atoms with E-state index in [1.165, 1.54) is 11.3 Å². The smallest absolute Gasteiger partial charge is 0.363 e. The van der Waals surface area contributed by atoms with E-state index in [2.05, 4.69) is 20.9 Å². The summed E-state index contributed by atoms with van der Waals surface area (Å²) in [5.74, 6) is -0.410. The van der Waals surface area contributed by atoms with E-state index in [9.17, 15) is 9.59 Å². The molecule has 37 heavy (non-hydrogen) atoms. The van der Waals surface area contributed by atoms with Gasteiger partial charge in [-0.25, -0.2) is 14.6 Å². The van der Waals surface area contributed by atoms with E-state index in [0.717, 1.165) is 14.6 Å². The van der Waals surface area contributed by atoms with Crippen molar-refractivity contribution in [1.82, 2.24) is 0 Å². The Morgan fingerprint density at radius 1 is 1.08 bits per heavy atom. The Morgan fingerprint density at radius 2 is 1.86 bits per heavy atom. The summed E-state index contributed by atoms with van der Waals surface area (Å²) in [5.41, 5.74) is 1.44. The Balaban J connectivity index is 1.41. The van der Waals surface area contributed by atoms with Crippen LogP contribution < -0.4 is 9.47 Å². The fourth-order valence-electron chi connectivity index (χ4n) is 3.57. The standard InChI is InChI=1S/C27H16BrCl2NO5S/c1-2-34-21-12-14(11-19-26(32)36-25(31-19)15-4-6-16(28)7-5-15)3-10-20(21)35-27(33)24-23(30)18-9-8-17(29)13-22(18)37-24/h3-13H,2H2,1H3/b19-11+. The lowest BCUT2D eigenvalue weighted by atomic mass is 10.1. The molecule has 0 atom stereocenters. The van der Waals surface area contributed by atoms with Crippen molar-refractivity contribution in [2.24, 2.45) is 4.99 Å². The summed E-state index contributed by atoms with van der Waals surface area (Å²) in [6, 6.07) is 17.4. The van der Waals surface area contributed by atoms with Gasteiger partial charge >= 0.3 is 11.9 Å². The van der Waals surface area contributed by atoms with Crippen molar-refractivity contribution >= 4 is 84.5 Å². The third-order valence-corrected chi connectivity index (χ3v) is 7.66. The second-order valence-corrected chi connectivity index (χ2v) is 10.5. The molecule has 0 aliphatic carbocycles. The van der Waals surface area contributed by atoms with E-state index >= 15 is 0 Å². The summed E-state index contributed by atoms with van der Waals surface area (Å²) >= 11 is 17.1. The average Bonchev–Trinajstić information content (AvgIpc) is 3.40. The number of rotatable bonds is 6. The van der Waals surface area contributed by atoms with Gasteiger partial charge in [0.25, 0.3) is 0 Å². The quantitative estimate of drug-likeness (QED) is 0.125. The van der Waals surface area contributed by atoms with Gasteiger partial charge < -0.3 is 14.2 Å². The van der Waals surface area contributed by atoms with Gasteiger partial charge in [-0.05, 0) is 67.1 Å². The number of benzene rings is 3. The molecule has 1 aliphatic heterocycles. The lowest BCUT2D eigenvalue weighted by molar-refractivity contribution is -0.129. The van der Waals surface area contributed by atoms with E-state index in [1.54, 1.807) is 54.6 Å². The number of carbonyl (C=O) groups is 2. The van der Waals surface area contributed by atoms with Crippen LogP contribution in [0.5, 0.6) is 11.5 Å². The number of aliphatic imine (C=N–C) groups is 1. The number of fused-ring (bicyclic) bond motifs is 1. The van der Waals surface area contributed by atoms with E-state index in [4.69, 9.17) is 37.4 Å². The lowest BCUT2D eigenvalue weighted by Gasteiger charge is -2.11. The predicted octanol–water partition coefficient (Wildman–Crippen LogP) is 7.93. The zero-order chi connectivity index (χ0) is 26.1. The van der Waals surface area contributed by atoms with Gasteiger partial charge in [-0.15, -0.1) is 11.3 Å². The van der Waals surface area contributed by atoms with Gasteiger partial charge in [0, 0.05) is 25.1 Å². The zero-order valence-electron chi connectivity index (χ0n) is 19.1. The van der Waals surface area contributed by atoms with Crippen molar-refractivity contribution in [1.29, 1.82) is 0 Å². The fraction of sp³-hybridized carbons (Fsp3) is 0.0741. The minimum Gasteiger partial charge on any atom is -0.490 e. The van der Waals surface area contributed by atoms with E-state index in [0.29, 0.717) is 33.5 Å². The first-order valence-corrected chi connectivity index (χ1v) is 13.3. The molecule has 0 saturated carbocycles. The molecule has 4 aromatic rings. The number of cyclic esters (lactones) is 1. The first-order chi connectivity index (χ1) is 17.8. The molecule has 2 heterocycles. The minimum atomic E-state index is -0.613. The molecular formula is C27H16BrCl2NO5S. The Morgan fingerprint density at radius 3 is 2.62 bits per heavy atom. The van der Waals surface area contributed by atoms with Crippen LogP contribution >= 0.6 is 50.5 Å². The highest BCUT2D eigenvalue weighted by atomic mass is 79.9. The van der Waals surface area contributed by atoms with E-state index in [1.807, 2.05) is 19.1 Å². The lowest BCUT2D eigenvalue weighted by Crippen LogP contribution is -2.08. The molecule has 0 spiro atoms. The second kappa shape index (κ2) is 10.7. The summed E-state index contributed by atoms with van der Waals surface area (Å²) in [4.78, 5) is 30.0. The third kappa shape index (κ3) is 5.43. The number of hydrogen-bond donors (Lipinski definition) is 0. The number of halogens is 3. The topological polar surface area (TPSA) is 74.2 Å². The van der Waals surface area contributed by atoms with E-state index < -0.39 is 11.9 Å². The number of hydrogen-bond acceptors (Lipinski definition) is 7. The molecular weight excluding hydrogens is 601 g/mol. The van der Waals surface area contributed by atoms with Crippen molar-refractivity contribution < 1.29 is 23.8 Å². The first-order valence-electron chi connectivity index (χ1n) is 11.0. The number of carbonyl (C=O) groups excluding carboxylic acids is 2. The van der Waals surface area contributed by atoms with Gasteiger partial charge in [-0.2, -0.15) is 0 Å². The van der Waals surface area contributed by atoms with Crippen molar-refractivity contribution in [2.45, 2.75) is 6.92 Å². The fourth-order valence-corrected chi connectivity index (χ4v) is 5.49. The van der Waals surface area contributed by atoms with Crippen LogP contribution in [0.4, 0.5) is 0 Å². The van der Waals surface area contributed by atoms with Gasteiger partial charge in [-0.3, -0.25) is 0 Å². The zero-order valence-corrected chi connectivity index (χ0v) is 23.0. The highest BCUT2D eigenvalue weighted by Gasteiger charge is 2.25. The van der Waals surface area contributed by atoms with Gasteiger partial charge in [0.2, 0.25) is 5.90 Å². The molecule has 1 aromatic heterocycles. The van der Waals surface area contributed by atoms with Gasteiger partial charge in [-0.1, -0.05) is 51.3 Å². The molecule has 0 fully saturated rings. The molecule has 3 aromatic carbocycles. The van der Waals surface area contributed by atoms with Crippen LogP contribution in [0, 0.1) is 0 Å². The average molecular weight is 617 g/mol. The highest BCUT2D eigenvalue weighted by Crippen LogP contribution is 2.38. The van der Waals surface area contributed by atoms with Crippen LogP contribution in [0.2, 0.25) is 10.0 Å². The molecule has 5 rings (SSSR count). The molecule has 0 unspecified atom stereocenters. The molecule has 0 bridgehead atoms. The van der Waals surface area contributed by atoms with Crippen LogP contribution in [0.15, 0.2) is 75.8 Å². The first kappa shape index (κ1) is 25.5. The summed E-state index contributed by atoms with van der Waals surface area (Å²) in [7, 11) is 0. The molecule has 10 heteroatoms. The number of nitrogens with zero attached hydrogens (tertiary/aromatic N) is 1. The number of esters is 2. The molecule has 0 amide bonds. The van der Waals surface area contributed by atoms with Crippen molar-refractivity contribution in [3.8, 4) is 11.5 Å². The Kier molecular flexibility index (Phi) is 7.35. The van der Waals surface area contributed by atoms with E-state index in [-0.39, 0.29) is 22.2 Å². The number of ether oxygens (including phenoxy) is 3. The summed E-state index contributed by atoms with van der Waals surface area (Å²) in [6.07, 6.45) is 1.58. The van der Waals surface area contributed by atoms with Crippen LogP contribution in [0.3, 0.4) is 0 Å². The SMILES string of the molecule is CCOc1cc(/C=C2/N=C(c3ccc(Br)cc3)OC2=O)ccc1OC(=O)c1sc2cc(Cl)ccc2c1Cl. The molecule has 0 saturated heterocycles. The minimum absolute atomic E-state index is 0.140. The maximum atomic E-state index is 13.0. The highest BCUT2D eigenvalue weighted by molar-refractivity contribution is 9.10. The normalized spacial score (nSPS) is 14.1. The van der Waals surface area contributed by atoms with Crippen LogP contribution in [0.1, 0.15) is 27.7 Å². The van der Waals surface area contributed by atoms with Gasteiger partial charge in [0.15, 0.2) is 17.2 Å². The van der Waals surface area contributed by atoms with Crippen LogP contribution in [-0.4, -0.2) is 24.4 Å². The third-order valence-electron chi connectivity index (χ3n) is 5.26. The molecule has 0 N–H and O–H groups in total. The summed E-state index contributed by atoms with van der Waals surface area (Å²) in [6.45, 7) is 2.15. The van der Waals surface area contributed by atoms with Crippen molar-refractivity contribution in [2.75, 3.05) is 6.61 Å². The van der Waals surface area contributed by atoms with Crippen LogP contribution in [0.25, 0.3) is 16.2 Å². The number of thiophene rings is 1. The second-order valence-electron chi connectivity index (χ2n) is 7.76. The largest absolute Gasteiger partial charge is 0.490 e. The Labute approximate surface area is 234 Å². The Hall–Kier alpha value is -3.17. The molecule has 6 nitrogen and oxygen atoms in total. The van der Waals surface area contributed by atoms with Crippen molar-refractivity contribution in [3.05, 3.63) is 96.9 Å². The summed E-state index contributed by atoms with van der Waals surface area (Å²) in [5, 5.41) is 1.58. The van der Waals surface area contributed by atoms with Crippen LogP contribution in [-0.2, 0) is 9.53 Å². The van der Waals surface area contributed by atoms with Gasteiger partial charge in [0.1, 0.15) is 4.88 Å². The van der Waals surface area contributed by atoms with Gasteiger partial charge in [0.05, 0.1) is 11.6 Å². The predicted molar refractivity (Wildman–Crippen MR) is 149 cm³/mol. The summed E-state index contributed by atoms with van der Waals surface area (Å²) < 4.78 is 18.4. The molecule has 186 valence electrons. The monoisotopic (exact) mass is 615 g/mol.